The highest BCUT2D eigenvalue weighted by molar-refractivity contribution is 5.80. The SMILES string of the molecule is CN=C(NCc1ccn(C2CCCC2)n1)NC1CCN(c2ccccc2OC)C1. The average Bonchev–Trinajstić information content (AvgIpc) is 3.52. The van der Waals surface area contributed by atoms with Crippen molar-refractivity contribution in [1.82, 2.24) is 20.4 Å². The van der Waals surface area contributed by atoms with Crippen LogP contribution in [0.3, 0.4) is 0 Å². The van der Waals surface area contributed by atoms with E-state index in [1.165, 1.54) is 25.7 Å². The lowest BCUT2D eigenvalue weighted by Crippen LogP contribution is -2.44. The van der Waals surface area contributed by atoms with Gasteiger partial charge in [0.05, 0.1) is 31.1 Å². The topological polar surface area (TPSA) is 66.7 Å². The van der Waals surface area contributed by atoms with Crippen molar-refractivity contribution >= 4 is 11.6 Å². The summed E-state index contributed by atoms with van der Waals surface area (Å²) in [6.45, 7) is 2.61. The Balaban J connectivity index is 1.28. The van der Waals surface area contributed by atoms with Gasteiger partial charge >= 0.3 is 0 Å². The van der Waals surface area contributed by atoms with Gasteiger partial charge in [0.1, 0.15) is 5.75 Å². The van der Waals surface area contributed by atoms with Gasteiger partial charge in [-0.3, -0.25) is 9.67 Å². The highest BCUT2D eigenvalue weighted by Crippen LogP contribution is 2.30. The molecule has 4 rings (SSSR count). The fourth-order valence-corrected chi connectivity index (χ4v) is 4.39. The maximum atomic E-state index is 5.51. The van der Waals surface area contributed by atoms with Gasteiger partial charge in [-0.05, 0) is 37.5 Å². The van der Waals surface area contributed by atoms with Gasteiger partial charge in [-0.15, -0.1) is 0 Å². The Hall–Kier alpha value is -2.70. The molecule has 0 spiro atoms. The number of hydrogen-bond donors (Lipinski definition) is 2. The fourth-order valence-electron chi connectivity index (χ4n) is 4.39. The summed E-state index contributed by atoms with van der Waals surface area (Å²) in [5.41, 5.74) is 2.21. The molecular weight excluding hydrogens is 364 g/mol. The molecule has 1 atom stereocenters. The standard InChI is InChI=1S/C22H32N6O/c1-23-22(24-15-17-12-14-28(26-17)19-7-3-4-8-19)25-18-11-13-27(16-18)20-9-5-6-10-21(20)29-2/h5-6,9-10,12,14,18-19H,3-4,7-8,11,13,15-16H2,1-2H3,(H2,23,24,25). The zero-order valence-electron chi connectivity index (χ0n) is 17.5. The zero-order chi connectivity index (χ0) is 20.1. The Morgan fingerprint density at radius 1 is 1.21 bits per heavy atom. The first kappa shape index (κ1) is 19.6. The number of aromatic nitrogens is 2. The molecule has 2 N–H and O–H groups in total. The van der Waals surface area contributed by atoms with Crippen molar-refractivity contribution in [2.45, 2.75) is 50.7 Å². The van der Waals surface area contributed by atoms with E-state index in [0.29, 0.717) is 18.6 Å². The molecule has 2 aliphatic rings. The molecule has 0 radical (unpaired) electrons. The summed E-state index contributed by atoms with van der Waals surface area (Å²) >= 11 is 0. The Bertz CT molecular complexity index is 826. The summed E-state index contributed by atoms with van der Waals surface area (Å²) in [4.78, 5) is 6.77. The molecule has 2 fully saturated rings. The van der Waals surface area contributed by atoms with E-state index in [1.807, 2.05) is 19.2 Å². The van der Waals surface area contributed by atoms with E-state index in [2.05, 4.69) is 49.6 Å². The van der Waals surface area contributed by atoms with Crippen LogP contribution in [0.5, 0.6) is 5.75 Å². The predicted molar refractivity (Wildman–Crippen MR) is 117 cm³/mol. The number of benzene rings is 1. The molecular formula is C22H32N6O. The minimum atomic E-state index is 0.349. The third-order valence-electron chi connectivity index (χ3n) is 5.98. The molecule has 29 heavy (non-hydrogen) atoms. The van der Waals surface area contributed by atoms with Crippen LogP contribution in [-0.4, -0.2) is 49.0 Å². The lowest BCUT2D eigenvalue weighted by atomic mass is 10.2. The largest absolute Gasteiger partial charge is 0.495 e. The van der Waals surface area contributed by atoms with Crippen molar-refractivity contribution in [2.75, 3.05) is 32.1 Å². The van der Waals surface area contributed by atoms with Crippen LogP contribution in [0.2, 0.25) is 0 Å². The van der Waals surface area contributed by atoms with E-state index >= 15 is 0 Å². The van der Waals surface area contributed by atoms with Crippen molar-refractivity contribution in [3.8, 4) is 5.75 Å². The molecule has 0 amide bonds. The summed E-state index contributed by atoms with van der Waals surface area (Å²) < 4.78 is 7.66. The third-order valence-corrected chi connectivity index (χ3v) is 5.98. The Labute approximate surface area is 173 Å². The van der Waals surface area contributed by atoms with E-state index in [4.69, 9.17) is 9.84 Å². The van der Waals surface area contributed by atoms with E-state index in [0.717, 1.165) is 42.6 Å². The average molecular weight is 397 g/mol. The molecule has 7 heteroatoms. The molecule has 1 aromatic carbocycles. The van der Waals surface area contributed by atoms with Crippen LogP contribution in [0.1, 0.15) is 43.8 Å². The number of para-hydroxylation sites is 2. The summed E-state index contributed by atoms with van der Waals surface area (Å²) in [6, 6.07) is 11.2. The number of methoxy groups -OCH3 is 1. The summed E-state index contributed by atoms with van der Waals surface area (Å²) in [5, 5.41) is 11.7. The minimum Gasteiger partial charge on any atom is -0.495 e. The number of ether oxygens (including phenoxy) is 1. The number of hydrogen-bond acceptors (Lipinski definition) is 4. The monoisotopic (exact) mass is 396 g/mol. The van der Waals surface area contributed by atoms with Gasteiger partial charge in [-0.25, -0.2) is 0 Å². The molecule has 1 aliphatic carbocycles. The highest BCUT2D eigenvalue weighted by Gasteiger charge is 2.25. The number of rotatable bonds is 6. The van der Waals surface area contributed by atoms with Gasteiger partial charge in [0.2, 0.25) is 0 Å². The van der Waals surface area contributed by atoms with E-state index < -0.39 is 0 Å². The van der Waals surface area contributed by atoms with Gasteiger partial charge in [-0.2, -0.15) is 5.10 Å². The van der Waals surface area contributed by atoms with Crippen molar-refractivity contribution in [3.63, 3.8) is 0 Å². The highest BCUT2D eigenvalue weighted by atomic mass is 16.5. The quantitative estimate of drug-likeness (QED) is 0.581. The lowest BCUT2D eigenvalue weighted by Gasteiger charge is -2.22. The molecule has 2 aromatic rings. The van der Waals surface area contributed by atoms with Crippen molar-refractivity contribution < 1.29 is 4.74 Å². The fraction of sp³-hybridized carbons (Fsp3) is 0.545. The van der Waals surface area contributed by atoms with Crippen LogP contribution < -0.4 is 20.3 Å². The predicted octanol–water partition coefficient (Wildman–Crippen LogP) is 2.95. The van der Waals surface area contributed by atoms with Crippen LogP contribution in [-0.2, 0) is 6.54 Å². The number of anilines is 1. The van der Waals surface area contributed by atoms with Crippen LogP contribution >= 0.6 is 0 Å². The molecule has 0 bridgehead atoms. The Kier molecular flexibility index (Phi) is 6.22. The second-order valence-electron chi connectivity index (χ2n) is 7.90. The molecule has 1 aliphatic heterocycles. The number of aliphatic imine (C=N–C) groups is 1. The molecule has 1 aromatic heterocycles. The van der Waals surface area contributed by atoms with Gasteiger partial charge < -0.3 is 20.3 Å². The maximum Gasteiger partial charge on any atom is 0.191 e. The molecule has 7 nitrogen and oxygen atoms in total. The van der Waals surface area contributed by atoms with Gasteiger partial charge in [-0.1, -0.05) is 25.0 Å². The summed E-state index contributed by atoms with van der Waals surface area (Å²) in [6.07, 6.45) is 8.33. The molecule has 156 valence electrons. The number of guanidine groups is 1. The van der Waals surface area contributed by atoms with Crippen LogP contribution in [0.15, 0.2) is 41.5 Å². The summed E-state index contributed by atoms with van der Waals surface area (Å²) in [5.74, 6) is 1.75. The number of nitrogens with one attached hydrogen (secondary N) is 2. The van der Waals surface area contributed by atoms with Crippen LogP contribution in [0, 0.1) is 0 Å². The van der Waals surface area contributed by atoms with E-state index in [-0.39, 0.29) is 0 Å². The normalized spacial score (nSPS) is 20.3. The van der Waals surface area contributed by atoms with E-state index in [1.54, 1.807) is 7.11 Å². The van der Waals surface area contributed by atoms with Gasteiger partial charge in [0, 0.05) is 32.4 Å². The molecule has 1 saturated heterocycles. The lowest BCUT2D eigenvalue weighted by molar-refractivity contribution is 0.415. The van der Waals surface area contributed by atoms with Crippen LogP contribution in [0.25, 0.3) is 0 Å². The van der Waals surface area contributed by atoms with Crippen molar-refractivity contribution in [1.29, 1.82) is 0 Å². The Morgan fingerprint density at radius 2 is 2.03 bits per heavy atom. The maximum absolute atomic E-state index is 5.51. The summed E-state index contributed by atoms with van der Waals surface area (Å²) in [7, 11) is 3.55. The van der Waals surface area contributed by atoms with Crippen molar-refractivity contribution in [3.05, 3.63) is 42.2 Å². The first-order valence-electron chi connectivity index (χ1n) is 10.7. The van der Waals surface area contributed by atoms with E-state index in [9.17, 15) is 0 Å². The smallest absolute Gasteiger partial charge is 0.191 e. The second-order valence-corrected chi connectivity index (χ2v) is 7.90. The zero-order valence-corrected chi connectivity index (χ0v) is 17.5. The Morgan fingerprint density at radius 3 is 2.83 bits per heavy atom. The van der Waals surface area contributed by atoms with Gasteiger partial charge in [0.15, 0.2) is 5.96 Å². The first-order valence-corrected chi connectivity index (χ1v) is 10.7. The molecule has 1 saturated carbocycles. The first-order chi connectivity index (χ1) is 14.3. The van der Waals surface area contributed by atoms with Crippen molar-refractivity contribution in [2.24, 2.45) is 4.99 Å². The third kappa shape index (κ3) is 4.66. The van der Waals surface area contributed by atoms with Crippen LogP contribution in [0.4, 0.5) is 5.69 Å². The molecule has 1 unspecified atom stereocenters. The van der Waals surface area contributed by atoms with Gasteiger partial charge in [0.25, 0.3) is 0 Å². The second kappa shape index (κ2) is 9.20. The number of nitrogens with zero attached hydrogens (tertiary/aromatic N) is 4. The minimum absolute atomic E-state index is 0.349. The molecule has 2 heterocycles.